The summed E-state index contributed by atoms with van der Waals surface area (Å²) < 4.78 is 11.0. The second-order valence-electron chi connectivity index (χ2n) is 3.39. The molecule has 3 nitrogen and oxygen atoms in total. The lowest BCUT2D eigenvalue weighted by atomic mass is 9.98. The van der Waals surface area contributed by atoms with E-state index in [9.17, 15) is 4.57 Å². The Morgan fingerprint density at radius 2 is 2.17 bits per heavy atom. The summed E-state index contributed by atoms with van der Waals surface area (Å²) in [5, 5.41) is -0.994. The maximum absolute atomic E-state index is 11.0. The van der Waals surface area contributed by atoms with Crippen molar-refractivity contribution in [2.24, 2.45) is 0 Å². The molecule has 1 rings (SSSR count). The smallest absolute Gasteiger partial charge is 0.324 e. The van der Waals surface area contributed by atoms with E-state index in [0.29, 0.717) is 6.42 Å². The van der Waals surface area contributed by atoms with Crippen LogP contribution >= 0.6 is 7.60 Å². The molecule has 0 aromatic rings. The number of hydrogen-bond donors (Lipinski definition) is 2. The number of hydrogen-bond acceptors (Lipinski definition) is 1. The zero-order valence-corrected chi connectivity index (χ0v) is 8.08. The summed E-state index contributed by atoms with van der Waals surface area (Å²) in [4.78, 5) is 18.0. The predicted octanol–water partition coefficient (Wildman–Crippen LogP) is 1.83. The maximum Gasteiger partial charge on any atom is 0.335 e. The largest absolute Gasteiger partial charge is 0.335 e. The highest BCUT2D eigenvalue weighted by atomic mass is 31.2. The first-order valence-electron chi connectivity index (χ1n) is 3.77. The number of allylic oxidation sites excluding steroid dienone is 4. The minimum Gasteiger partial charge on any atom is -0.324 e. The molecule has 0 heterocycles. The molecular formula is C8H13O3P. The molecule has 0 aromatic heterocycles. The SMILES string of the molecule is CC1=CCC(C)(P(=O)(O)O)C=C1. The molecule has 2 N–H and O–H groups in total. The lowest BCUT2D eigenvalue weighted by molar-refractivity contribution is 0.344. The Bertz CT molecular complexity index is 287. The van der Waals surface area contributed by atoms with Crippen molar-refractivity contribution in [1.82, 2.24) is 0 Å². The van der Waals surface area contributed by atoms with Gasteiger partial charge in [0.2, 0.25) is 0 Å². The van der Waals surface area contributed by atoms with Crippen LogP contribution in [0.15, 0.2) is 23.8 Å². The van der Waals surface area contributed by atoms with Gasteiger partial charge >= 0.3 is 7.60 Å². The molecule has 0 aromatic carbocycles. The van der Waals surface area contributed by atoms with Gasteiger partial charge in [0.05, 0.1) is 5.16 Å². The molecule has 0 aliphatic heterocycles. The fourth-order valence-electron chi connectivity index (χ4n) is 1.03. The molecule has 0 saturated carbocycles. The van der Waals surface area contributed by atoms with Gasteiger partial charge < -0.3 is 9.79 Å². The van der Waals surface area contributed by atoms with E-state index in [1.807, 2.05) is 13.0 Å². The van der Waals surface area contributed by atoms with Crippen LogP contribution in [-0.4, -0.2) is 14.9 Å². The standard InChI is InChI=1S/C8H13O3P/c1-7-3-5-8(2,6-4-7)12(9,10)11/h3-5H,6H2,1-2H3,(H2,9,10,11). The average molecular weight is 188 g/mol. The zero-order valence-electron chi connectivity index (χ0n) is 7.19. The fourth-order valence-corrected chi connectivity index (χ4v) is 1.63. The van der Waals surface area contributed by atoms with E-state index >= 15 is 0 Å². The van der Waals surface area contributed by atoms with Crippen LogP contribution in [-0.2, 0) is 4.57 Å². The highest BCUT2D eigenvalue weighted by Crippen LogP contribution is 2.54. The lowest BCUT2D eigenvalue weighted by Crippen LogP contribution is -2.22. The first-order valence-corrected chi connectivity index (χ1v) is 5.38. The molecular weight excluding hydrogens is 175 g/mol. The van der Waals surface area contributed by atoms with Crippen molar-refractivity contribution < 1.29 is 14.4 Å². The summed E-state index contributed by atoms with van der Waals surface area (Å²) in [5.41, 5.74) is 1.06. The van der Waals surface area contributed by atoms with Crippen molar-refractivity contribution >= 4 is 7.60 Å². The quantitative estimate of drug-likeness (QED) is 0.617. The Hall–Kier alpha value is -0.370. The van der Waals surface area contributed by atoms with Crippen molar-refractivity contribution in [3.8, 4) is 0 Å². The molecule has 12 heavy (non-hydrogen) atoms. The maximum atomic E-state index is 11.0. The van der Waals surface area contributed by atoms with Gasteiger partial charge in [0.1, 0.15) is 0 Å². The summed E-state index contributed by atoms with van der Waals surface area (Å²) in [6.45, 7) is 3.49. The molecule has 0 fully saturated rings. The van der Waals surface area contributed by atoms with Crippen molar-refractivity contribution in [3.05, 3.63) is 23.8 Å². The monoisotopic (exact) mass is 188 g/mol. The van der Waals surface area contributed by atoms with Crippen LogP contribution in [0.4, 0.5) is 0 Å². The second-order valence-corrected chi connectivity index (χ2v) is 5.50. The Morgan fingerprint density at radius 3 is 2.50 bits per heavy atom. The van der Waals surface area contributed by atoms with Crippen LogP contribution in [0.25, 0.3) is 0 Å². The van der Waals surface area contributed by atoms with Gasteiger partial charge in [0.25, 0.3) is 0 Å². The Balaban J connectivity index is 2.94. The third kappa shape index (κ3) is 1.69. The molecule has 1 aliphatic carbocycles. The minimum atomic E-state index is -4.01. The summed E-state index contributed by atoms with van der Waals surface area (Å²) in [6.07, 6.45) is 5.62. The second kappa shape index (κ2) is 2.84. The van der Waals surface area contributed by atoms with Crippen LogP contribution < -0.4 is 0 Å². The molecule has 0 bridgehead atoms. The fraction of sp³-hybridized carbons (Fsp3) is 0.500. The van der Waals surface area contributed by atoms with Gasteiger partial charge in [-0.1, -0.05) is 23.8 Å². The van der Waals surface area contributed by atoms with Gasteiger partial charge in [-0.2, -0.15) is 0 Å². The minimum absolute atomic E-state index is 0.416. The first-order chi connectivity index (χ1) is 5.35. The molecule has 0 amide bonds. The molecule has 0 spiro atoms. The third-order valence-electron chi connectivity index (χ3n) is 2.21. The van der Waals surface area contributed by atoms with Crippen LogP contribution in [0.2, 0.25) is 0 Å². The van der Waals surface area contributed by atoms with Gasteiger partial charge in [-0.3, -0.25) is 4.57 Å². The van der Waals surface area contributed by atoms with Crippen LogP contribution in [0.1, 0.15) is 20.3 Å². The van der Waals surface area contributed by atoms with E-state index in [1.165, 1.54) is 0 Å². The Morgan fingerprint density at radius 1 is 1.58 bits per heavy atom. The zero-order chi connectivity index (χ0) is 9.41. The van der Waals surface area contributed by atoms with E-state index in [0.717, 1.165) is 5.57 Å². The van der Waals surface area contributed by atoms with Crippen LogP contribution in [0.5, 0.6) is 0 Å². The first kappa shape index (κ1) is 9.72. The van der Waals surface area contributed by atoms with Gasteiger partial charge in [-0.25, -0.2) is 0 Å². The highest BCUT2D eigenvalue weighted by molar-refractivity contribution is 7.53. The Labute approximate surface area is 72.0 Å². The molecule has 1 aliphatic rings. The molecule has 1 atom stereocenters. The summed E-state index contributed by atoms with van der Waals surface area (Å²) in [5.74, 6) is 0. The number of rotatable bonds is 1. The highest BCUT2D eigenvalue weighted by Gasteiger charge is 2.39. The van der Waals surface area contributed by atoms with Gasteiger partial charge in [0.15, 0.2) is 0 Å². The predicted molar refractivity (Wildman–Crippen MR) is 48.0 cm³/mol. The summed E-state index contributed by atoms with van der Waals surface area (Å²) in [6, 6.07) is 0. The molecule has 0 saturated heterocycles. The summed E-state index contributed by atoms with van der Waals surface area (Å²) >= 11 is 0. The molecule has 1 unspecified atom stereocenters. The molecule has 0 radical (unpaired) electrons. The van der Waals surface area contributed by atoms with Crippen molar-refractivity contribution in [3.63, 3.8) is 0 Å². The van der Waals surface area contributed by atoms with E-state index < -0.39 is 12.8 Å². The van der Waals surface area contributed by atoms with Gasteiger partial charge in [-0.15, -0.1) is 0 Å². The van der Waals surface area contributed by atoms with Crippen LogP contribution in [0, 0.1) is 0 Å². The van der Waals surface area contributed by atoms with Crippen molar-refractivity contribution in [2.75, 3.05) is 0 Å². The summed E-state index contributed by atoms with van der Waals surface area (Å²) in [7, 11) is -4.01. The van der Waals surface area contributed by atoms with E-state index in [4.69, 9.17) is 9.79 Å². The normalized spacial score (nSPS) is 30.2. The topological polar surface area (TPSA) is 57.5 Å². The van der Waals surface area contributed by atoms with Gasteiger partial charge in [-0.05, 0) is 20.3 Å². The van der Waals surface area contributed by atoms with Crippen molar-refractivity contribution in [1.29, 1.82) is 0 Å². The van der Waals surface area contributed by atoms with Crippen LogP contribution in [0.3, 0.4) is 0 Å². The molecule has 68 valence electrons. The third-order valence-corrected chi connectivity index (χ3v) is 3.87. The Kier molecular flexibility index (Phi) is 2.30. The average Bonchev–Trinajstić information content (AvgIpc) is 1.93. The van der Waals surface area contributed by atoms with Crippen molar-refractivity contribution in [2.45, 2.75) is 25.4 Å². The van der Waals surface area contributed by atoms with E-state index in [1.54, 1.807) is 19.1 Å². The van der Waals surface area contributed by atoms with E-state index in [-0.39, 0.29) is 0 Å². The van der Waals surface area contributed by atoms with Gasteiger partial charge in [0, 0.05) is 0 Å². The van der Waals surface area contributed by atoms with E-state index in [2.05, 4.69) is 0 Å². The molecule has 4 heteroatoms. The lowest BCUT2D eigenvalue weighted by Gasteiger charge is -2.28.